The average Bonchev–Trinajstić information content (AvgIpc) is 3.12. The molecule has 7 heteroatoms. The Balaban J connectivity index is 1.56. The van der Waals surface area contributed by atoms with E-state index in [-0.39, 0.29) is 23.4 Å². The van der Waals surface area contributed by atoms with Crippen LogP contribution in [-0.2, 0) is 23.0 Å². The standard InChI is InChI=1S/C25H26N2O4S/c1-17-6-4-5-7-24(17)32(29,30)26-16-19-8-9-21-14-18(2)27(23(21)15-19)25(28)20-10-12-22(31-3)13-11-20/h4-13,15,18,26H,14,16H2,1-3H3. The van der Waals surface area contributed by atoms with Crippen molar-refractivity contribution in [2.24, 2.45) is 0 Å². The fourth-order valence-electron chi connectivity index (χ4n) is 4.06. The summed E-state index contributed by atoms with van der Waals surface area (Å²) in [6.07, 6.45) is 0.756. The van der Waals surface area contributed by atoms with Crippen LogP contribution in [0.3, 0.4) is 0 Å². The SMILES string of the molecule is COc1ccc(C(=O)N2c3cc(CNS(=O)(=O)c4ccccc4C)ccc3CC2C)cc1. The molecule has 1 aliphatic rings. The number of aryl methyl sites for hydroxylation is 1. The number of hydrogen-bond donors (Lipinski definition) is 1. The zero-order valence-electron chi connectivity index (χ0n) is 18.3. The molecule has 1 N–H and O–H groups in total. The fraction of sp³-hybridized carbons (Fsp3) is 0.240. The first-order valence-corrected chi connectivity index (χ1v) is 11.9. The Morgan fingerprint density at radius 3 is 2.50 bits per heavy atom. The number of nitrogens with zero attached hydrogens (tertiary/aromatic N) is 1. The minimum Gasteiger partial charge on any atom is -0.497 e. The second kappa shape index (κ2) is 8.76. The third-order valence-corrected chi connectivity index (χ3v) is 7.33. The highest BCUT2D eigenvalue weighted by molar-refractivity contribution is 7.89. The van der Waals surface area contributed by atoms with Crippen LogP contribution in [0.2, 0.25) is 0 Å². The van der Waals surface area contributed by atoms with Crippen LogP contribution >= 0.6 is 0 Å². The van der Waals surface area contributed by atoms with Crippen molar-refractivity contribution in [3.05, 3.63) is 89.0 Å². The molecular weight excluding hydrogens is 424 g/mol. The molecule has 4 rings (SSSR count). The molecule has 1 atom stereocenters. The number of sulfonamides is 1. The Bertz CT molecular complexity index is 1250. The summed E-state index contributed by atoms with van der Waals surface area (Å²) >= 11 is 0. The summed E-state index contributed by atoms with van der Waals surface area (Å²) in [7, 11) is -2.05. The summed E-state index contributed by atoms with van der Waals surface area (Å²) in [6.45, 7) is 3.93. The van der Waals surface area contributed by atoms with Crippen molar-refractivity contribution in [2.75, 3.05) is 12.0 Å². The molecule has 0 radical (unpaired) electrons. The molecule has 0 aliphatic carbocycles. The van der Waals surface area contributed by atoms with E-state index in [1.807, 2.05) is 31.2 Å². The number of ether oxygens (including phenoxy) is 1. The summed E-state index contributed by atoms with van der Waals surface area (Å²) in [5, 5.41) is 0. The maximum Gasteiger partial charge on any atom is 0.258 e. The zero-order valence-corrected chi connectivity index (χ0v) is 19.1. The van der Waals surface area contributed by atoms with Crippen LogP contribution in [0, 0.1) is 6.92 Å². The van der Waals surface area contributed by atoms with Crippen molar-refractivity contribution in [3.8, 4) is 5.75 Å². The van der Waals surface area contributed by atoms with Crippen LogP contribution in [0.4, 0.5) is 5.69 Å². The van der Waals surface area contributed by atoms with Crippen LogP contribution in [0.15, 0.2) is 71.6 Å². The van der Waals surface area contributed by atoms with Crippen LogP contribution in [0.25, 0.3) is 0 Å². The molecule has 1 aliphatic heterocycles. The summed E-state index contributed by atoms with van der Waals surface area (Å²) in [6, 6.07) is 19.7. The summed E-state index contributed by atoms with van der Waals surface area (Å²) in [4.78, 5) is 15.3. The van der Waals surface area contributed by atoms with Gasteiger partial charge in [0.25, 0.3) is 5.91 Å². The maximum atomic E-state index is 13.2. The molecule has 166 valence electrons. The molecule has 32 heavy (non-hydrogen) atoms. The van der Waals surface area contributed by atoms with Gasteiger partial charge in [-0.25, -0.2) is 13.1 Å². The van der Waals surface area contributed by atoms with Gasteiger partial charge in [-0.2, -0.15) is 0 Å². The Kier molecular flexibility index (Phi) is 6.04. The lowest BCUT2D eigenvalue weighted by Crippen LogP contribution is -2.35. The van der Waals surface area contributed by atoms with Crippen molar-refractivity contribution in [2.45, 2.75) is 37.8 Å². The van der Waals surface area contributed by atoms with Gasteiger partial charge in [0.1, 0.15) is 5.75 Å². The highest BCUT2D eigenvalue weighted by Gasteiger charge is 2.32. The van der Waals surface area contributed by atoms with Gasteiger partial charge in [0.2, 0.25) is 10.0 Å². The van der Waals surface area contributed by atoms with E-state index in [0.717, 1.165) is 23.2 Å². The molecular formula is C25H26N2O4S. The second-order valence-corrected chi connectivity index (χ2v) is 9.75. The maximum absolute atomic E-state index is 13.2. The minimum absolute atomic E-state index is 0.0125. The van der Waals surface area contributed by atoms with E-state index in [9.17, 15) is 13.2 Å². The molecule has 1 heterocycles. The van der Waals surface area contributed by atoms with Crippen molar-refractivity contribution >= 4 is 21.6 Å². The predicted octanol–water partition coefficient (Wildman–Crippen LogP) is 4.07. The minimum atomic E-state index is -3.64. The van der Waals surface area contributed by atoms with Gasteiger partial charge in [0.15, 0.2) is 0 Å². The van der Waals surface area contributed by atoms with E-state index in [1.54, 1.807) is 61.4 Å². The van der Waals surface area contributed by atoms with E-state index in [1.165, 1.54) is 0 Å². The molecule has 0 bridgehead atoms. The zero-order chi connectivity index (χ0) is 22.9. The highest BCUT2D eigenvalue weighted by Crippen LogP contribution is 2.34. The van der Waals surface area contributed by atoms with Crippen molar-refractivity contribution < 1.29 is 17.9 Å². The Morgan fingerprint density at radius 2 is 1.81 bits per heavy atom. The number of nitrogens with one attached hydrogen (secondary N) is 1. The van der Waals surface area contributed by atoms with Gasteiger partial charge in [-0.05, 0) is 73.4 Å². The Morgan fingerprint density at radius 1 is 1.09 bits per heavy atom. The van der Waals surface area contributed by atoms with Gasteiger partial charge in [-0.3, -0.25) is 4.79 Å². The van der Waals surface area contributed by atoms with Gasteiger partial charge >= 0.3 is 0 Å². The molecule has 0 spiro atoms. The van der Waals surface area contributed by atoms with Crippen molar-refractivity contribution in [1.82, 2.24) is 4.72 Å². The lowest BCUT2D eigenvalue weighted by atomic mass is 10.1. The fourth-order valence-corrected chi connectivity index (χ4v) is 5.32. The normalized spacial score (nSPS) is 15.5. The van der Waals surface area contributed by atoms with Gasteiger partial charge in [0.05, 0.1) is 12.0 Å². The number of anilines is 1. The molecule has 1 amide bonds. The summed E-state index contributed by atoms with van der Waals surface area (Å²) < 4.78 is 33.3. The first-order valence-electron chi connectivity index (χ1n) is 10.4. The number of benzene rings is 3. The largest absolute Gasteiger partial charge is 0.497 e. The quantitative estimate of drug-likeness (QED) is 0.614. The summed E-state index contributed by atoms with van der Waals surface area (Å²) in [5.41, 5.74) is 3.97. The van der Waals surface area contributed by atoms with Crippen LogP contribution < -0.4 is 14.4 Å². The van der Waals surface area contributed by atoms with Crippen molar-refractivity contribution in [1.29, 1.82) is 0 Å². The topological polar surface area (TPSA) is 75.7 Å². The molecule has 0 saturated heterocycles. The van der Waals surface area contributed by atoms with E-state index in [2.05, 4.69) is 4.72 Å². The van der Waals surface area contributed by atoms with E-state index in [4.69, 9.17) is 4.74 Å². The molecule has 6 nitrogen and oxygen atoms in total. The van der Waals surface area contributed by atoms with Gasteiger partial charge in [-0.15, -0.1) is 0 Å². The smallest absolute Gasteiger partial charge is 0.258 e. The van der Waals surface area contributed by atoms with Crippen LogP contribution in [-0.4, -0.2) is 27.5 Å². The number of rotatable bonds is 6. The van der Waals surface area contributed by atoms with Gasteiger partial charge < -0.3 is 9.64 Å². The number of amides is 1. The first kappa shape index (κ1) is 22.0. The van der Waals surface area contributed by atoms with Gasteiger partial charge in [-0.1, -0.05) is 30.3 Å². The number of methoxy groups -OCH3 is 1. The van der Waals surface area contributed by atoms with Crippen LogP contribution in [0.5, 0.6) is 5.75 Å². The van der Waals surface area contributed by atoms with E-state index >= 15 is 0 Å². The third kappa shape index (κ3) is 4.26. The average molecular weight is 451 g/mol. The molecule has 0 aromatic heterocycles. The molecule has 3 aromatic carbocycles. The highest BCUT2D eigenvalue weighted by atomic mass is 32.2. The number of hydrogen-bond acceptors (Lipinski definition) is 4. The Hall–Kier alpha value is -3.16. The lowest BCUT2D eigenvalue weighted by Gasteiger charge is -2.23. The molecule has 1 unspecified atom stereocenters. The van der Waals surface area contributed by atoms with E-state index < -0.39 is 10.0 Å². The molecule has 0 saturated carbocycles. The monoisotopic (exact) mass is 450 g/mol. The first-order chi connectivity index (χ1) is 15.3. The lowest BCUT2D eigenvalue weighted by molar-refractivity contribution is 0.0981. The van der Waals surface area contributed by atoms with Crippen LogP contribution in [0.1, 0.15) is 34.0 Å². The number of carbonyl (C=O) groups is 1. The molecule has 3 aromatic rings. The predicted molar refractivity (Wildman–Crippen MR) is 125 cm³/mol. The van der Waals surface area contributed by atoms with E-state index in [0.29, 0.717) is 16.9 Å². The van der Waals surface area contributed by atoms with Gasteiger partial charge in [0, 0.05) is 23.8 Å². The number of carbonyl (C=O) groups excluding carboxylic acids is 1. The van der Waals surface area contributed by atoms with Crippen molar-refractivity contribution in [3.63, 3.8) is 0 Å². The second-order valence-electron chi connectivity index (χ2n) is 8.01. The number of fused-ring (bicyclic) bond motifs is 1. The molecule has 0 fully saturated rings. The third-order valence-electron chi connectivity index (χ3n) is 5.77. The summed E-state index contributed by atoms with van der Waals surface area (Å²) in [5.74, 6) is 0.608. The Labute approximate surface area is 188 Å².